The highest BCUT2D eigenvalue weighted by Crippen LogP contribution is 2.26. The molecule has 1 N–H and O–H groups in total. The van der Waals surface area contributed by atoms with Crippen molar-refractivity contribution in [2.45, 2.75) is 38.8 Å². The molecular formula is C14H19N5. The number of aromatic nitrogens is 4. The molecule has 19 heavy (non-hydrogen) atoms. The second-order valence-electron chi connectivity index (χ2n) is 5.05. The molecule has 3 heterocycles. The van der Waals surface area contributed by atoms with Crippen molar-refractivity contribution in [3.05, 3.63) is 41.7 Å². The fourth-order valence-electron chi connectivity index (χ4n) is 2.55. The summed E-state index contributed by atoms with van der Waals surface area (Å²) in [5, 5.41) is 12.3. The van der Waals surface area contributed by atoms with Gasteiger partial charge >= 0.3 is 0 Å². The molecule has 2 unspecified atom stereocenters. The Morgan fingerprint density at radius 2 is 2.16 bits per heavy atom. The number of hydrogen-bond donors (Lipinski definition) is 1. The SMILES string of the molecule is CCC(C)c1nnc2n1CCNC2c1ccncc1. The molecule has 0 aliphatic carbocycles. The fraction of sp³-hybridized carbons (Fsp3) is 0.500. The van der Waals surface area contributed by atoms with E-state index in [1.165, 1.54) is 5.56 Å². The maximum Gasteiger partial charge on any atom is 0.154 e. The van der Waals surface area contributed by atoms with Crippen molar-refractivity contribution >= 4 is 0 Å². The standard InChI is InChI=1S/C14H19N5/c1-3-10(2)13-17-18-14-12(16-8-9-19(13)14)11-4-6-15-7-5-11/h4-7,10,12,16H,3,8-9H2,1-2H3. The average Bonchev–Trinajstić information content (AvgIpc) is 2.91. The Labute approximate surface area is 113 Å². The van der Waals surface area contributed by atoms with Gasteiger partial charge in [-0.2, -0.15) is 0 Å². The van der Waals surface area contributed by atoms with Crippen LogP contribution in [0.2, 0.25) is 0 Å². The molecule has 0 fully saturated rings. The molecule has 2 aromatic heterocycles. The molecular weight excluding hydrogens is 238 g/mol. The third kappa shape index (κ3) is 2.14. The van der Waals surface area contributed by atoms with Crippen LogP contribution in [0, 0.1) is 0 Å². The van der Waals surface area contributed by atoms with Crippen LogP contribution in [0.3, 0.4) is 0 Å². The minimum absolute atomic E-state index is 0.127. The molecule has 3 rings (SSSR count). The Balaban J connectivity index is 2.00. The Bertz CT molecular complexity index is 548. The number of nitrogens with zero attached hydrogens (tertiary/aromatic N) is 4. The summed E-state index contributed by atoms with van der Waals surface area (Å²) in [6, 6.07) is 4.19. The minimum atomic E-state index is 0.127. The van der Waals surface area contributed by atoms with E-state index >= 15 is 0 Å². The van der Waals surface area contributed by atoms with E-state index in [2.05, 4.69) is 38.9 Å². The lowest BCUT2D eigenvalue weighted by Gasteiger charge is -2.26. The third-order valence-corrected chi connectivity index (χ3v) is 3.84. The van der Waals surface area contributed by atoms with Crippen LogP contribution >= 0.6 is 0 Å². The van der Waals surface area contributed by atoms with E-state index in [4.69, 9.17) is 0 Å². The van der Waals surface area contributed by atoms with Crippen molar-refractivity contribution in [3.8, 4) is 0 Å². The van der Waals surface area contributed by atoms with Crippen LogP contribution in [0.4, 0.5) is 0 Å². The van der Waals surface area contributed by atoms with E-state index in [1.807, 2.05) is 24.5 Å². The first-order valence-electron chi connectivity index (χ1n) is 6.87. The summed E-state index contributed by atoms with van der Waals surface area (Å²) in [5.41, 5.74) is 1.19. The molecule has 1 aliphatic heterocycles. The minimum Gasteiger partial charge on any atom is -0.312 e. The van der Waals surface area contributed by atoms with Gasteiger partial charge in [-0.05, 0) is 24.1 Å². The number of nitrogens with one attached hydrogen (secondary N) is 1. The monoisotopic (exact) mass is 257 g/mol. The quantitative estimate of drug-likeness (QED) is 0.912. The Hall–Kier alpha value is -1.75. The zero-order valence-corrected chi connectivity index (χ0v) is 11.4. The zero-order chi connectivity index (χ0) is 13.2. The van der Waals surface area contributed by atoms with Crippen molar-refractivity contribution in [1.29, 1.82) is 0 Å². The highest BCUT2D eigenvalue weighted by Gasteiger charge is 2.27. The van der Waals surface area contributed by atoms with E-state index in [0.29, 0.717) is 5.92 Å². The van der Waals surface area contributed by atoms with Crippen molar-refractivity contribution in [1.82, 2.24) is 25.1 Å². The summed E-state index contributed by atoms with van der Waals surface area (Å²) in [7, 11) is 0. The van der Waals surface area contributed by atoms with Gasteiger partial charge in [-0.15, -0.1) is 10.2 Å². The molecule has 5 heteroatoms. The Kier molecular flexibility index (Phi) is 3.29. The molecule has 100 valence electrons. The summed E-state index contributed by atoms with van der Waals surface area (Å²) in [6.45, 7) is 6.29. The maximum atomic E-state index is 4.41. The average molecular weight is 257 g/mol. The van der Waals surface area contributed by atoms with Crippen LogP contribution in [-0.2, 0) is 6.54 Å². The normalized spacial score (nSPS) is 20.0. The van der Waals surface area contributed by atoms with E-state index in [9.17, 15) is 0 Å². The largest absolute Gasteiger partial charge is 0.312 e. The molecule has 2 atom stereocenters. The van der Waals surface area contributed by atoms with Gasteiger partial charge in [0.15, 0.2) is 5.82 Å². The van der Waals surface area contributed by atoms with Gasteiger partial charge in [0.25, 0.3) is 0 Å². The van der Waals surface area contributed by atoms with E-state index < -0.39 is 0 Å². The van der Waals surface area contributed by atoms with Gasteiger partial charge in [0.05, 0.1) is 6.04 Å². The Morgan fingerprint density at radius 3 is 2.89 bits per heavy atom. The second kappa shape index (κ2) is 5.09. The van der Waals surface area contributed by atoms with Crippen LogP contribution < -0.4 is 5.32 Å². The van der Waals surface area contributed by atoms with Crippen LogP contribution in [0.15, 0.2) is 24.5 Å². The highest BCUT2D eigenvalue weighted by atomic mass is 15.3. The third-order valence-electron chi connectivity index (χ3n) is 3.84. The molecule has 0 aromatic carbocycles. The molecule has 0 spiro atoms. The number of hydrogen-bond acceptors (Lipinski definition) is 4. The van der Waals surface area contributed by atoms with Crippen molar-refractivity contribution in [2.75, 3.05) is 6.54 Å². The lowest BCUT2D eigenvalue weighted by molar-refractivity contribution is 0.439. The van der Waals surface area contributed by atoms with Crippen molar-refractivity contribution in [2.24, 2.45) is 0 Å². The highest BCUT2D eigenvalue weighted by molar-refractivity contribution is 5.24. The van der Waals surface area contributed by atoms with Crippen LogP contribution in [0.25, 0.3) is 0 Å². The van der Waals surface area contributed by atoms with Gasteiger partial charge < -0.3 is 9.88 Å². The predicted molar refractivity (Wildman–Crippen MR) is 72.8 cm³/mol. The van der Waals surface area contributed by atoms with Crippen LogP contribution in [0.5, 0.6) is 0 Å². The summed E-state index contributed by atoms with van der Waals surface area (Å²) in [4.78, 5) is 4.07. The zero-order valence-electron chi connectivity index (χ0n) is 11.4. The first-order chi connectivity index (χ1) is 9.31. The van der Waals surface area contributed by atoms with Gasteiger partial charge in [0.2, 0.25) is 0 Å². The topological polar surface area (TPSA) is 55.6 Å². The molecule has 0 bridgehead atoms. The smallest absolute Gasteiger partial charge is 0.154 e. The Morgan fingerprint density at radius 1 is 1.37 bits per heavy atom. The van der Waals surface area contributed by atoms with Crippen LogP contribution in [0.1, 0.15) is 49.4 Å². The molecule has 1 aliphatic rings. The number of pyridine rings is 1. The maximum absolute atomic E-state index is 4.41. The summed E-state index contributed by atoms with van der Waals surface area (Å²) in [5.74, 6) is 2.59. The second-order valence-corrected chi connectivity index (χ2v) is 5.05. The van der Waals surface area contributed by atoms with Crippen molar-refractivity contribution in [3.63, 3.8) is 0 Å². The molecule has 5 nitrogen and oxygen atoms in total. The van der Waals surface area contributed by atoms with E-state index in [-0.39, 0.29) is 6.04 Å². The number of rotatable bonds is 3. The van der Waals surface area contributed by atoms with Crippen molar-refractivity contribution < 1.29 is 0 Å². The van der Waals surface area contributed by atoms with E-state index in [1.54, 1.807) is 0 Å². The summed E-state index contributed by atoms with van der Waals surface area (Å²) < 4.78 is 2.27. The van der Waals surface area contributed by atoms with Gasteiger partial charge in [0, 0.05) is 31.4 Å². The predicted octanol–water partition coefficient (Wildman–Crippen LogP) is 1.88. The lowest BCUT2D eigenvalue weighted by atomic mass is 10.1. The summed E-state index contributed by atoms with van der Waals surface area (Å²) >= 11 is 0. The molecule has 0 amide bonds. The van der Waals surface area contributed by atoms with Gasteiger partial charge in [-0.25, -0.2) is 0 Å². The lowest BCUT2D eigenvalue weighted by Crippen LogP contribution is -2.35. The van der Waals surface area contributed by atoms with E-state index in [0.717, 1.165) is 31.2 Å². The van der Waals surface area contributed by atoms with Crippen LogP contribution in [-0.4, -0.2) is 26.3 Å². The van der Waals surface area contributed by atoms with Gasteiger partial charge in [0.1, 0.15) is 5.82 Å². The molecule has 0 saturated heterocycles. The number of fused-ring (bicyclic) bond motifs is 1. The molecule has 0 radical (unpaired) electrons. The first-order valence-corrected chi connectivity index (χ1v) is 6.87. The molecule has 2 aromatic rings. The summed E-state index contributed by atoms with van der Waals surface area (Å²) in [6.07, 6.45) is 4.73. The fourth-order valence-corrected chi connectivity index (χ4v) is 2.55. The van der Waals surface area contributed by atoms with Gasteiger partial charge in [-0.1, -0.05) is 13.8 Å². The van der Waals surface area contributed by atoms with Gasteiger partial charge in [-0.3, -0.25) is 4.98 Å². The molecule has 0 saturated carbocycles. The first kappa shape index (κ1) is 12.3.